The maximum absolute atomic E-state index is 12.6. The molecule has 0 unspecified atom stereocenters. The molecule has 0 radical (unpaired) electrons. The summed E-state index contributed by atoms with van der Waals surface area (Å²) < 4.78 is 8.78. The maximum Gasteiger partial charge on any atom is 0.350 e. The van der Waals surface area contributed by atoms with E-state index >= 15 is 0 Å². The fourth-order valence-electron chi connectivity index (χ4n) is 3.90. The van der Waals surface area contributed by atoms with E-state index in [0.29, 0.717) is 13.1 Å². The smallest absolute Gasteiger partial charge is 0.350 e. The van der Waals surface area contributed by atoms with E-state index in [4.69, 9.17) is 4.74 Å². The SMILES string of the molecule is Cc1ccccc1OCC(=O)N1CCC(c2nn(C)c(=O)n2-c2ccccc2)CC1. The van der Waals surface area contributed by atoms with Crippen LogP contribution in [0.25, 0.3) is 5.69 Å². The zero-order valence-electron chi connectivity index (χ0n) is 17.3. The lowest BCUT2D eigenvalue weighted by molar-refractivity contribution is -0.134. The van der Waals surface area contributed by atoms with Crippen LogP contribution in [-0.2, 0) is 11.8 Å². The second-order valence-electron chi connectivity index (χ2n) is 7.64. The Bertz CT molecular complexity index is 1080. The molecule has 4 rings (SSSR count). The topological polar surface area (TPSA) is 69.4 Å². The molecule has 0 bridgehead atoms. The lowest BCUT2D eigenvalue weighted by Gasteiger charge is -2.31. The molecule has 0 aliphatic carbocycles. The first-order valence-corrected chi connectivity index (χ1v) is 10.2. The average molecular weight is 406 g/mol. The van der Waals surface area contributed by atoms with Crippen molar-refractivity contribution in [1.82, 2.24) is 19.2 Å². The molecule has 2 aromatic carbocycles. The van der Waals surface area contributed by atoms with Crippen LogP contribution in [0.1, 0.15) is 30.1 Å². The Morgan fingerprint density at radius 1 is 1.07 bits per heavy atom. The van der Waals surface area contributed by atoms with Gasteiger partial charge in [-0.15, -0.1) is 0 Å². The number of hydrogen-bond acceptors (Lipinski definition) is 4. The van der Waals surface area contributed by atoms with E-state index in [0.717, 1.165) is 35.7 Å². The van der Waals surface area contributed by atoms with Crippen LogP contribution >= 0.6 is 0 Å². The normalized spacial score (nSPS) is 14.7. The van der Waals surface area contributed by atoms with E-state index in [1.54, 1.807) is 11.6 Å². The minimum Gasteiger partial charge on any atom is -0.484 e. The fraction of sp³-hybridized carbons (Fsp3) is 0.348. The number of rotatable bonds is 5. The maximum atomic E-state index is 12.6. The van der Waals surface area contributed by atoms with Gasteiger partial charge in [-0.25, -0.2) is 14.0 Å². The van der Waals surface area contributed by atoms with Gasteiger partial charge in [-0.3, -0.25) is 4.79 Å². The van der Waals surface area contributed by atoms with Gasteiger partial charge in [0.1, 0.15) is 11.6 Å². The highest BCUT2D eigenvalue weighted by Gasteiger charge is 2.28. The molecule has 0 saturated carbocycles. The van der Waals surface area contributed by atoms with Crippen LogP contribution in [0.5, 0.6) is 5.75 Å². The molecule has 1 aliphatic rings. The van der Waals surface area contributed by atoms with Crippen LogP contribution in [0.3, 0.4) is 0 Å². The van der Waals surface area contributed by atoms with Crippen molar-refractivity contribution in [2.45, 2.75) is 25.7 Å². The quantitative estimate of drug-likeness (QED) is 0.653. The van der Waals surface area contributed by atoms with Crippen LogP contribution in [0.4, 0.5) is 0 Å². The first-order chi connectivity index (χ1) is 14.5. The molecule has 3 aromatic rings. The lowest BCUT2D eigenvalue weighted by atomic mass is 9.95. The molecule has 7 heteroatoms. The summed E-state index contributed by atoms with van der Waals surface area (Å²) in [6.07, 6.45) is 1.53. The molecule has 1 amide bonds. The second-order valence-corrected chi connectivity index (χ2v) is 7.64. The Balaban J connectivity index is 1.42. The lowest BCUT2D eigenvalue weighted by Crippen LogP contribution is -2.41. The molecular formula is C23H26N4O3. The number of piperidine rings is 1. The predicted molar refractivity (Wildman–Crippen MR) is 114 cm³/mol. The molecule has 1 saturated heterocycles. The third-order valence-electron chi connectivity index (χ3n) is 5.62. The van der Waals surface area contributed by atoms with Crippen LogP contribution in [-0.4, -0.2) is 44.9 Å². The third kappa shape index (κ3) is 4.01. The third-order valence-corrected chi connectivity index (χ3v) is 5.62. The predicted octanol–water partition coefficient (Wildman–Crippen LogP) is 2.66. The summed E-state index contributed by atoms with van der Waals surface area (Å²) in [5.41, 5.74) is 1.68. The van der Waals surface area contributed by atoms with Gasteiger partial charge in [0, 0.05) is 26.1 Å². The molecular weight excluding hydrogens is 380 g/mol. The zero-order chi connectivity index (χ0) is 21.1. The molecule has 0 N–H and O–H groups in total. The Morgan fingerprint density at radius 2 is 1.73 bits per heavy atom. The van der Waals surface area contributed by atoms with Crippen molar-refractivity contribution in [3.63, 3.8) is 0 Å². The summed E-state index contributed by atoms with van der Waals surface area (Å²) in [5, 5.41) is 4.50. The number of aromatic nitrogens is 3. The molecule has 1 aliphatic heterocycles. The number of ether oxygens (including phenoxy) is 1. The molecule has 30 heavy (non-hydrogen) atoms. The number of carbonyl (C=O) groups is 1. The van der Waals surface area contributed by atoms with E-state index in [-0.39, 0.29) is 24.1 Å². The number of nitrogens with zero attached hydrogens (tertiary/aromatic N) is 4. The summed E-state index contributed by atoms with van der Waals surface area (Å²) in [5.74, 6) is 1.61. The van der Waals surface area contributed by atoms with E-state index in [1.807, 2.05) is 66.4 Å². The number of para-hydroxylation sites is 2. The molecule has 1 aromatic heterocycles. The van der Waals surface area contributed by atoms with Gasteiger partial charge in [0.05, 0.1) is 5.69 Å². The Morgan fingerprint density at radius 3 is 2.43 bits per heavy atom. The molecule has 156 valence electrons. The summed E-state index contributed by atoms with van der Waals surface area (Å²) in [6.45, 7) is 3.25. The van der Waals surface area contributed by atoms with Crippen molar-refractivity contribution in [3.8, 4) is 11.4 Å². The van der Waals surface area contributed by atoms with E-state index in [2.05, 4.69) is 5.10 Å². The Kier molecular flexibility index (Phi) is 5.70. The number of aryl methyl sites for hydroxylation is 2. The van der Waals surface area contributed by atoms with Crippen LogP contribution < -0.4 is 10.4 Å². The van der Waals surface area contributed by atoms with Crippen molar-refractivity contribution in [1.29, 1.82) is 0 Å². The summed E-state index contributed by atoms with van der Waals surface area (Å²) in [7, 11) is 1.67. The summed E-state index contributed by atoms with van der Waals surface area (Å²) in [6, 6.07) is 17.3. The zero-order valence-corrected chi connectivity index (χ0v) is 17.3. The highest BCUT2D eigenvalue weighted by molar-refractivity contribution is 5.78. The number of likely N-dealkylation sites (tertiary alicyclic amines) is 1. The van der Waals surface area contributed by atoms with Crippen molar-refractivity contribution in [2.24, 2.45) is 7.05 Å². The van der Waals surface area contributed by atoms with Gasteiger partial charge >= 0.3 is 5.69 Å². The number of carbonyl (C=O) groups excluding carboxylic acids is 1. The van der Waals surface area contributed by atoms with Crippen molar-refractivity contribution < 1.29 is 9.53 Å². The van der Waals surface area contributed by atoms with Gasteiger partial charge in [-0.05, 0) is 43.5 Å². The summed E-state index contributed by atoms with van der Waals surface area (Å²) in [4.78, 5) is 27.1. The molecule has 2 heterocycles. The standard InChI is InChI=1S/C23H26N4O3/c1-17-8-6-7-11-20(17)30-16-21(28)26-14-12-18(13-15-26)22-24-25(2)23(29)27(22)19-9-4-3-5-10-19/h3-11,18H,12-16H2,1-2H3. The monoisotopic (exact) mass is 406 g/mol. The molecule has 0 spiro atoms. The Hall–Kier alpha value is -3.35. The first kappa shape index (κ1) is 19.9. The van der Waals surface area contributed by atoms with Gasteiger partial charge in [-0.1, -0.05) is 36.4 Å². The average Bonchev–Trinajstić information content (AvgIpc) is 3.08. The molecule has 0 atom stereocenters. The first-order valence-electron chi connectivity index (χ1n) is 10.2. The summed E-state index contributed by atoms with van der Waals surface area (Å²) >= 11 is 0. The van der Waals surface area contributed by atoms with Crippen LogP contribution in [0.15, 0.2) is 59.4 Å². The van der Waals surface area contributed by atoms with Crippen LogP contribution in [0.2, 0.25) is 0 Å². The largest absolute Gasteiger partial charge is 0.484 e. The highest BCUT2D eigenvalue weighted by Crippen LogP contribution is 2.27. The van der Waals surface area contributed by atoms with E-state index < -0.39 is 0 Å². The van der Waals surface area contributed by atoms with Gasteiger partial charge < -0.3 is 9.64 Å². The van der Waals surface area contributed by atoms with E-state index in [9.17, 15) is 9.59 Å². The van der Waals surface area contributed by atoms with Gasteiger partial charge in [0.2, 0.25) is 0 Å². The Labute approximate surface area is 175 Å². The highest BCUT2D eigenvalue weighted by atomic mass is 16.5. The number of hydrogen-bond donors (Lipinski definition) is 0. The van der Waals surface area contributed by atoms with Crippen LogP contribution in [0, 0.1) is 6.92 Å². The van der Waals surface area contributed by atoms with Gasteiger partial charge in [0.15, 0.2) is 6.61 Å². The number of amides is 1. The van der Waals surface area contributed by atoms with Gasteiger partial charge in [0.25, 0.3) is 5.91 Å². The number of benzene rings is 2. The minimum atomic E-state index is -0.152. The van der Waals surface area contributed by atoms with Crippen molar-refractivity contribution in [2.75, 3.05) is 19.7 Å². The van der Waals surface area contributed by atoms with Gasteiger partial charge in [-0.2, -0.15) is 5.10 Å². The van der Waals surface area contributed by atoms with Crippen molar-refractivity contribution in [3.05, 3.63) is 76.5 Å². The fourth-order valence-corrected chi connectivity index (χ4v) is 3.90. The van der Waals surface area contributed by atoms with Crippen molar-refractivity contribution >= 4 is 5.91 Å². The molecule has 7 nitrogen and oxygen atoms in total. The minimum absolute atomic E-state index is 0.0156. The second kappa shape index (κ2) is 8.57. The van der Waals surface area contributed by atoms with E-state index in [1.165, 1.54) is 4.68 Å². The molecule has 1 fully saturated rings.